The number of nitrogens with two attached hydrogens (primary N) is 1. The fourth-order valence-electron chi connectivity index (χ4n) is 2.08. The number of aryl methyl sites for hydroxylation is 2. The largest absolute Gasteiger partial charge is 0.319 e. The van der Waals surface area contributed by atoms with Gasteiger partial charge in [-0.15, -0.1) is 0 Å². The van der Waals surface area contributed by atoms with Crippen molar-refractivity contribution < 1.29 is 4.39 Å². The van der Waals surface area contributed by atoms with Crippen molar-refractivity contribution >= 4 is 15.9 Å². The highest BCUT2D eigenvalue weighted by Gasteiger charge is 2.19. The standard InChI is InChI=1S/C14H14BrFN2/c1-8-6-9(2)12(11(16)7-8)13(17)14-10(15)4-3-5-18-14/h3-7,13H,17H2,1-2H3. The van der Waals surface area contributed by atoms with Crippen LogP contribution in [-0.2, 0) is 0 Å². The second kappa shape index (κ2) is 5.16. The van der Waals surface area contributed by atoms with Gasteiger partial charge in [0.1, 0.15) is 5.82 Å². The second-order valence-corrected chi connectivity index (χ2v) is 5.18. The Hall–Kier alpha value is -1.26. The van der Waals surface area contributed by atoms with Gasteiger partial charge in [-0.25, -0.2) is 4.39 Å². The van der Waals surface area contributed by atoms with Gasteiger partial charge in [-0.2, -0.15) is 0 Å². The Labute approximate surface area is 114 Å². The molecule has 2 aromatic rings. The minimum Gasteiger partial charge on any atom is -0.319 e. The molecule has 1 aromatic carbocycles. The molecule has 0 fully saturated rings. The van der Waals surface area contributed by atoms with Crippen molar-refractivity contribution in [3.05, 3.63) is 63.1 Å². The molecule has 94 valence electrons. The van der Waals surface area contributed by atoms with Crippen LogP contribution in [0.15, 0.2) is 34.9 Å². The maximum absolute atomic E-state index is 14.1. The van der Waals surface area contributed by atoms with Gasteiger partial charge in [0, 0.05) is 16.2 Å². The van der Waals surface area contributed by atoms with Crippen LogP contribution in [0.3, 0.4) is 0 Å². The summed E-state index contributed by atoms with van der Waals surface area (Å²) in [5, 5.41) is 0. The second-order valence-electron chi connectivity index (χ2n) is 4.33. The first-order valence-corrected chi connectivity index (χ1v) is 6.42. The molecule has 1 atom stereocenters. The molecule has 1 heterocycles. The quantitative estimate of drug-likeness (QED) is 0.919. The van der Waals surface area contributed by atoms with E-state index >= 15 is 0 Å². The van der Waals surface area contributed by atoms with Gasteiger partial charge in [-0.05, 0) is 59.1 Å². The Kier molecular flexibility index (Phi) is 3.78. The van der Waals surface area contributed by atoms with Crippen LogP contribution >= 0.6 is 15.9 Å². The third kappa shape index (κ3) is 2.44. The summed E-state index contributed by atoms with van der Waals surface area (Å²) in [6.45, 7) is 3.73. The van der Waals surface area contributed by atoms with E-state index in [0.29, 0.717) is 11.3 Å². The molecule has 2 nitrogen and oxygen atoms in total. The highest BCUT2D eigenvalue weighted by Crippen LogP contribution is 2.29. The third-order valence-electron chi connectivity index (χ3n) is 2.87. The highest BCUT2D eigenvalue weighted by atomic mass is 79.9. The van der Waals surface area contributed by atoms with E-state index < -0.39 is 6.04 Å². The number of aromatic nitrogens is 1. The Morgan fingerprint density at radius 1 is 1.33 bits per heavy atom. The van der Waals surface area contributed by atoms with Crippen LogP contribution < -0.4 is 5.73 Å². The van der Waals surface area contributed by atoms with E-state index in [1.165, 1.54) is 6.07 Å². The van der Waals surface area contributed by atoms with Crippen molar-refractivity contribution in [3.8, 4) is 0 Å². The van der Waals surface area contributed by atoms with Crippen molar-refractivity contribution in [1.29, 1.82) is 0 Å². The van der Waals surface area contributed by atoms with Crippen molar-refractivity contribution in [2.45, 2.75) is 19.9 Å². The number of rotatable bonds is 2. The minimum atomic E-state index is -0.568. The number of hydrogen-bond donors (Lipinski definition) is 1. The molecule has 0 amide bonds. The predicted molar refractivity (Wildman–Crippen MR) is 73.8 cm³/mol. The van der Waals surface area contributed by atoms with E-state index in [4.69, 9.17) is 5.73 Å². The van der Waals surface area contributed by atoms with E-state index in [2.05, 4.69) is 20.9 Å². The number of hydrogen-bond acceptors (Lipinski definition) is 2. The summed E-state index contributed by atoms with van der Waals surface area (Å²) >= 11 is 3.39. The molecule has 0 saturated carbocycles. The van der Waals surface area contributed by atoms with Gasteiger partial charge in [-0.3, -0.25) is 4.98 Å². The van der Waals surface area contributed by atoms with Crippen molar-refractivity contribution in [3.63, 3.8) is 0 Å². The molecule has 18 heavy (non-hydrogen) atoms. The van der Waals surface area contributed by atoms with Crippen molar-refractivity contribution in [2.24, 2.45) is 5.73 Å². The normalized spacial score (nSPS) is 12.5. The molecule has 1 unspecified atom stereocenters. The van der Waals surface area contributed by atoms with E-state index in [1.807, 2.05) is 26.0 Å². The first-order valence-electron chi connectivity index (χ1n) is 5.63. The van der Waals surface area contributed by atoms with Gasteiger partial charge in [0.15, 0.2) is 0 Å². The smallest absolute Gasteiger partial charge is 0.128 e. The Morgan fingerprint density at radius 3 is 2.67 bits per heavy atom. The molecule has 0 aliphatic rings. The first-order chi connectivity index (χ1) is 8.50. The number of halogens is 2. The van der Waals surface area contributed by atoms with Gasteiger partial charge in [-0.1, -0.05) is 6.07 Å². The Balaban J connectivity index is 2.53. The zero-order chi connectivity index (χ0) is 13.3. The van der Waals surface area contributed by atoms with E-state index in [1.54, 1.807) is 12.3 Å². The molecule has 0 aliphatic heterocycles. The zero-order valence-corrected chi connectivity index (χ0v) is 11.8. The predicted octanol–water partition coefficient (Wildman–Crippen LogP) is 3.65. The minimum absolute atomic E-state index is 0.280. The van der Waals surface area contributed by atoms with Gasteiger partial charge in [0.2, 0.25) is 0 Å². The van der Waals surface area contributed by atoms with Crippen molar-refractivity contribution in [1.82, 2.24) is 4.98 Å². The lowest BCUT2D eigenvalue weighted by molar-refractivity contribution is 0.593. The van der Waals surface area contributed by atoms with Crippen LogP contribution in [0.2, 0.25) is 0 Å². The molecule has 2 rings (SSSR count). The van der Waals surface area contributed by atoms with Gasteiger partial charge in [0.25, 0.3) is 0 Å². The summed E-state index contributed by atoms with van der Waals surface area (Å²) in [5.74, 6) is -0.280. The average Bonchev–Trinajstić information content (AvgIpc) is 2.27. The summed E-state index contributed by atoms with van der Waals surface area (Å²) in [6, 6.07) is 6.51. The Bertz CT molecular complexity index is 561. The Morgan fingerprint density at radius 2 is 2.06 bits per heavy atom. The zero-order valence-electron chi connectivity index (χ0n) is 10.2. The van der Waals surface area contributed by atoms with Gasteiger partial charge < -0.3 is 5.73 Å². The SMILES string of the molecule is Cc1cc(C)c(C(N)c2ncccc2Br)c(F)c1. The third-order valence-corrected chi connectivity index (χ3v) is 3.54. The molecule has 1 aromatic heterocycles. The van der Waals surface area contributed by atoms with Crippen LogP contribution in [0.4, 0.5) is 4.39 Å². The summed E-state index contributed by atoms with van der Waals surface area (Å²) in [6.07, 6.45) is 1.65. The van der Waals surface area contributed by atoms with Crippen LogP contribution in [-0.4, -0.2) is 4.98 Å². The lowest BCUT2D eigenvalue weighted by Gasteiger charge is -2.17. The summed E-state index contributed by atoms with van der Waals surface area (Å²) in [5.41, 5.74) is 9.01. The molecule has 0 radical (unpaired) electrons. The molecule has 0 bridgehead atoms. The molecule has 0 spiro atoms. The molecule has 2 N–H and O–H groups in total. The summed E-state index contributed by atoms with van der Waals surface area (Å²) < 4.78 is 14.8. The monoisotopic (exact) mass is 308 g/mol. The first kappa shape index (κ1) is 13.2. The fourth-order valence-corrected chi connectivity index (χ4v) is 2.59. The number of pyridine rings is 1. The van der Waals surface area contributed by atoms with Gasteiger partial charge >= 0.3 is 0 Å². The number of nitrogens with zero attached hydrogens (tertiary/aromatic N) is 1. The maximum atomic E-state index is 14.1. The number of benzene rings is 1. The molecular weight excluding hydrogens is 295 g/mol. The summed E-state index contributed by atoms with van der Waals surface area (Å²) in [7, 11) is 0. The van der Waals surface area contributed by atoms with E-state index in [9.17, 15) is 4.39 Å². The topological polar surface area (TPSA) is 38.9 Å². The molecule has 0 saturated heterocycles. The van der Waals surface area contributed by atoms with Crippen LogP contribution in [0.25, 0.3) is 0 Å². The van der Waals surface area contributed by atoms with E-state index in [0.717, 1.165) is 15.6 Å². The molecule has 4 heteroatoms. The van der Waals surface area contributed by atoms with E-state index in [-0.39, 0.29) is 5.82 Å². The molecule has 0 aliphatic carbocycles. The van der Waals surface area contributed by atoms with Gasteiger partial charge in [0.05, 0.1) is 11.7 Å². The van der Waals surface area contributed by atoms with Crippen LogP contribution in [0, 0.1) is 19.7 Å². The highest BCUT2D eigenvalue weighted by molar-refractivity contribution is 9.10. The van der Waals surface area contributed by atoms with Crippen molar-refractivity contribution in [2.75, 3.05) is 0 Å². The van der Waals surface area contributed by atoms with Crippen LogP contribution in [0.1, 0.15) is 28.4 Å². The fraction of sp³-hybridized carbons (Fsp3) is 0.214. The summed E-state index contributed by atoms with van der Waals surface area (Å²) in [4.78, 5) is 4.22. The maximum Gasteiger partial charge on any atom is 0.128 e. The molecular formula is C14H14BrFN2. The lowest BCUT2D eigenvalue weighted by atomic mass is 9.96. The lowest BCUT2D eigenvalue weighted by Crippen LogP contribution is -2.17. The van der Waals surface area contributed by atoms with Crippen LogP contribution in [0.5, 0.6) is 0 Å². The average molecular weight is 309 g/mol.